The first-order valence-corrected chi connectivity index (χ1v) is 10.8. The number of benzene rings is 2. The summed E-state index contributed by atoms with van der Waals surface area (Å²) in [6.45, 7) is 2.62. The molecule has 1 spiro atoms. The van der Waals surface area contributed by atoms with Crippen molar-refractivity contribution in [2.24, 2.45) is 7.05 Å². The molecule has 1 atom stereocenters. The van der Waals surface area contributed by atoms with Crippen LogP contribution in [0.3, 0.4) is 0 Å². The highest BCUT2D eigenvalue weighted by atomic mass is 35.5. The second kappa shape index (κ2) is 6.06. The Balaban J connectivity index is 1.54. The lowest BCUT2D eigenvalue weighted by Gasteiger charge is -2.23. The van der Waals surface area contributed by atoms with Gasteiger partial charge >= 0.3 is 0 Å². The van der Waals surface area contributed by atoms with Crippen molar-refractivity contribution in [3.8, 4) is 5.75 Å². The summed E-state index contributed by atoms with van der Waals surface area (Å²) < 4.78 is 8.94. The van der Waals surface area contributed by atoms with Crippen LogP contribution < -0.4 is 9.64 Å². The SMILES string of the molecule is Cc1nc2cc3c(cc2s1)C1(CO3)C(=O)N(Cc2ncc(Cl)n2C)c2ccccc21. The van der Waals surface area contributed by atoms with Crippen LogP contribution in [0.1, 0.15) is 22.0 Å². The number of carbonyl (C=O) groups excluding carboxylic acids is 1. The number of anilines is 1. The van der Waals surface area contributed by atoms with Crippen LogP contribution in [0.15, 0.2) is 42.6 Å². The Morgan fingerprint density at radius 1 is 1.27 bits per heavy atom. The summed E-state index contributed by atoms with van der Waals surface area (Å²) in [6, 6.07) is 12.0. The first-order chi connectivity index (χ1) is 14.5. The van der Waals surface area contributed by atoms with Gasteiger partial charge in [-0.25, -0.2) is 9.97 Å². The Morgan fingerprint density at radius 2 is 2.10 bits per heavy atom. The molecule has 4 aromatic rings. The molecule has 1 unspecified atom stereocenters. The van der Waals surface area contributed by atoms with Crippen LogP contribution in [0.2, 0.25) is 5.15 Å². The molecule has 0 saturated carbocycles. The van der Waals surface area contributed by atoms with Crippen LogP contribution in [0.5, 0.6) is 5.75 Å². The highest BCUT2D eigenvalue weighted by Crippen LogP contribution is 2.53. The predicted octanol–water partition coefficient (Wildman–Crippen LogP) is 4.22. The highest BCUT2D eigenvalue weighted by Gasteiger charge is 2.57. The number of rotatable bonds is 2. The number of thiazole rings is 1. The van der Waals surface area contributed by atoms with Gasteiger partial charge in [0.2, 0.25) is 5.91 Å². The second-order valence-electron chi connectivity index (χ2n) is 7.71. The molecule has 0 saturated heterocycles. The highest BCUT2D eigenvalue weighted by molar-refractivity contribution is 7.18. The molecule has 2 aliphatic rings. The van der Waals surface area contributed by atoms with Crippen molar-refractivity contribution in [3.05, 3.63) is 69.7 Å². The molecule has 8 heteroatoms. The van der Waals surface area contributed by atoms with Crippen molar-refractivity contribution >= 4 is 44.7 Å². The molecule has 0 aliphatic carbocycles. The van der Waals surface area contributed by atoms with Gasteiger partial charge in [-0.1, -0.05) is 29.8 Å². The molecule has 150 valence electrons. The first-order valence-electron chi connectivity index (χ1n) is 9.61. The van der Waals surface area contributed by atoms with Gasteiger partial charge in [0.05, 0.1) is 28.0 Å². The van der Waals surface area contributed by atoms with Crippen molar-refractivity contribution in [1.82, 2.24) is 14.5 Å². The summed E-state index contributed by atoms with van der Waals surface area (Å²) in [6.07, 6.45) is 1.61. The predicted molar refractivity (Wildman–Crippen MR) is 116 cm³/mol. The van der Waals surface area contributed by atoms with Gasteiger partial charge in [-0.2, -0.15) is 0 Å². The number of nitrogens with zero attached hydrogens (tertiary/aromatic N) is 4. The molecule has 6 rings (SSSR count). The molecule has 0 bridgehead atoms. The second-order valence-corrected chi connectivity index (χ2v) is 9.33. The number of aromatic nitrogens is 3. The van der Waals surface area contributed by atoms with Gasteiger partial charge in [-0.3, -0.25) is 4.79 Å². The molecular weight excluding hydrogens is 420 g/mol. The van der Waals surface area contributed by atoms with E-state index in [-0.39, 0.29) is 12.5 Å². The van der Waals surface area contributed by atoms with E-state index >= 15 is 0 Å². The monoisotopic (exact) mass is 436 g/mol. The fraction of sp³-hybridized carbons (Fsp3) is 0.227. The van der Waals surface area contributed by atoms with Crippen LogP contribution in [0.4, 0.5) is 5.69 Å². The number of fused-ring (bicyclic) bond motifs is 5. The van der Waals surface area contributed by atoms with Gasteiger partial charge < -0.3 is 14.2 Å². The maximum atomic E-state index is 14.0. The minimum absolute atomic E-state index is 0.00200. The van der Waals surface area contributed by atoms with E-state index in [4.69, 9.17) is 16.3 Å². The van der Waals surface area contributed by atoms with E-state index in [1.165, 1.54) is 0 Å². The van der Waals surface area contributed by atoms with Gasteiger partial charge in [-0.05, 0) is 24.6 Å². The Kier molecular flexibility index (Phi) is 3.62. The van der Waals surface area contributed by atoms with E-state index in [0.717, 1.165) is 43.6 Å². The molecule has 0 fully saturated rings. The molecule has 2 aliphatic heterocycles. The summed E-state index contributed by atoms with van der Waals surface area (Å²) in [4.78, 5) is 24.7. The van der Waals surface area contributed by atoms with Crippen LogP contribution in [-0.2, 0) is 23.8 Å². The third-order valence-electron chi connectivity index (χ3n) is 6.09. The molecule has 0 radical (unpaired) electrons. The minimum Gasteiger partial charge on any atom is -0.491 e. The maximum Gasteiger partial charge on any atom is 0.246 e. The smallest absolute Gasteiger partial charge is 0.246 e. The van der Waals surface area contributed by atoms with E-state index in [1.807, 2.05) is 44.3 Å². The summed E-state index contributed by atoms with van der Waals surface area (Å²) >= 11 is 7.80. The standard InChI is InChI=1S/C22H17ClN4O2S/c1-12-25-15-8-17-14(7-18(15)30-12)22(11-29-17)13-5-3-4-6-16(13)27(21(22)28)10-20-24-9-19(23)26(20)2/h3-9H,10-11H2,1-2H3. The average Bonchev–Trinajstić information content (AvgIpc) is 3.44. The molecule has 30 heavy (non-hydrogen) atoms. The van der Waals surface area contributed by atoms with Crippen LogP contribution in [0.25, 0.3) is 10.2 Å². The van der Waals surface area contributed by atoms with Crippen molar-refractivity contribution < 1.29 is 9.53 Å². The molecule has 6 nitrogen and oxygen atoms in total. The molecule has 0 N–H and O–H groups in total. The lowest BCUT2D eigenvalue weighted by Crippen LogP contribution is -2.42. The summed E-state index contributed by atoms with van der Waals surface area (Å²) in [5.41, 5.74) is 2.82. The van der Waals surface area contributed by atoms with Crippen molar-refractivity contribution in [2.45, 2.75) is 18.9 Å². The largest absolute Gasteiger partial charge is 0.491 e. The lowest BCUT2D eigenvalue weighted by molar-refractivity contribution is -0.122. The van der Waals surface area contributed by atoms with Crippen LogP contribution >= 0.6 is 22.9 Å². The molecule has 2 aromatic carbocycles. The van der Waals surface area contributed by atoms with Gasteiger partial charge in [0.1, 0.15) is 28.7 Å². The van der Waals surface area contributed by atoms with Crippen molar-refractivity contribution in [2.75, 3.05) is 11.5 Å². The molecule has 2 aromatic heterocycles. The fourth-order valence-electron chi connectivity index (χ4n) is 4.58. The Bertz CT molecular complexity index is 1360. The average molecular weight is 437 g/mol. The van der Waals surface area contributed by atoms with Crippen LogP contribution in [-0.4, -0.2) is 27.0 Å². The Labute approximate surface area is 181 Å². The zero-order chi connectivity index (χ0) is 20.6. The molecular formula is C22H17ClN4O2S. The summed E-state index contributed by atoms with van der Waals surface area (Å²) in [5, 5.41) is 1.53. The topological polar surface area (TPSA) is 60.2 Å². The van der Waals surface area contributed by atoms with E-state index in [9.17, 15) is 4.79 Å². The normalized spacial score (nSPS) is 19.6. The van der Waals surface area contributed by atoms with Gasteiger partial charge in [0.15, 0.2) is 0 Å². The van der Waals surface area contributed by atoms with Gasteiger partial charge in [0, 0.05) is 24.4 Å². The van der Waals surface area contributed by atoms with E-state index < -0.39 is 5.41 Å². The van der Waals surface area contributed by atoms with E-state index in [1.54, 1.807) is 27.0 Å². The number of imidazole rings is 1. The first kappa shape index (κ1) is 17.9. The fourth-order valence-corrected chi connectivity index (χ4v) is 5.58. The summed E-state index contributed by atoms with van der Waals surface area (Å²) in [7, 11) is 1.85. The number of para-hydroxylation sites is 1. The number of amides is 1. The number of hydrogen-bond donors (Lipinski definition) is 0. The number of hydrogen-bond acceptors (Lipinski definition) is 5. The molecule has 1 amide bonds. The third-order valence-corrected chi connectivity index (χ3v) is 7.38. The zero-order valence-electron chi connectivity index (χ0n) is 16.3. The van der Waals surface area contributed by atoms with E-state index in [0.29, 0.717) is 11.7 Å². The number of ether oxygens (including phenoxy) is 1. The van der Waals surface area contributed by atoms with Crippen LogP contribution in [0, 0.1) is 6.92 Å². The van der Waals surface area contributed by atoms with Gasteiger partial charge in [0.25, 0.3) is 0 Å². The third kappa shape index (κ3) is 2.22. The Morgan fingerprint density at radius 3 is 2.90 bits per heavy atom. The number of halogens is 1. The number of aryl methyl sites for hydroxylation is 1. The number of carbonyl (C=O) groups is 1. The summed E-state index contributed by atoms with van der Waals surface area (Å²) in [5.74, 6) is 1.47. The quantitative estimate of drug-likeness (QED) is 0.472. The Hall–Kier alpha value is -2.90. The molecule has 4 heterocycles. The lowest BCUT2D eigenvalue weighted by atomic mass is 9.77. The zero-order valence-corrected chi connectivity index (χ0v) is 17.9. The van der Waals surface area contributed by atoms with E-state index in [2.05, 4.69) is 16.0 Å². The van der Waals surface area contributed by atoms with Crippen molar-refractivity contribution in [1.29, 1.82) is 0 Å². The van der Waals surface area contributed by atoms with Gasteiger partial charge in [-0.15, -0.1) is 11.3 Å². The van der Waals surface area contributed by atoms with Crippen molar-refractivity contribution in [3.63, 3.8) is 0 Å². The minimum atomic E-state index is -0.854. The maximum absolute atomic E-state index is 14.0.